The highest BCUT2D eigenvalue weighted by atomic mass is 32.2. The average molecular weight is 1550 g/mol. The number of rotatable bonds is 0. The van der Waals surface area contributed by atoms with Gasteiger partial charge >= 0.3 is 0 Å². The molecule has 8 aliphatic rings. The summed E-state index contributed by atoms with van der Waals surface area (Å²) in [4.78, 5) is 0. The van der Waals surface area contributed by atoms with E-state index in [0.717, 1.165) is 63.6 Å². The van der Waals surface area contributed by atoms with Crippen molar-refractivity contribution in [1.82, 2.24) is 0 Å². The third-order valence-corrected chi connectivity index (χ3v) is 30.9. The summed E-state index contributed by atoms with van der Waals surface area (Å²) in [5.74, 6) is 3.46. The lowest BCUT2D eigenvalue weighted by atomic mass is 9.70. The molecule has 0 spiro atoms. The van der Waals surface area contributed by atoms with Crippen molar-refractivity contribution >= 4 is 32.4 Å². The predicted octanol–water partition coefficient (Wildman–Crippen LogP) is 28.2. The molecule has 4 atom stereocenters. The zero-order valence-corrected chi connectivity index (χ0v) is 82.7. The highest BCUT2D eigenvalue weighted by Crippen LogP contribution is 2.56. The highest BCUT2D eigenvalue weighted by Gasteiger charge is 2.55. The largest absolute Gasteiger partial charge is 0.381 e. The van der Waals surface area contributed by atoms with Crippen molar-refractivity contribution in [3.63, 3.8) is 0 Å². The number of hydrogen-bond donors (Lipinski definition) is 0. The summed E-state index contributed by atoms with van der Waals surface area (Å²) in [6.07, 6.45) is 18.5. The van der Waals surface area contributed by atoms with Gasteiger partial charge in [-0.2, -0.15) is 0 Å². The molecule has 8 rings (SSSR count). The van der Waals surface area contributed by atoms with Gasteiger partial charge in [-0.3, -0.25) is 4.21 Å². The van der Waals surface area contributed by atoms with E-state index in [2.05, 4.69) is 348 Å². The Hall–Kier alpha value is -0.530. The lowest BCUT2D eigenvalue weighted by Crippen LogP contribution is -2.54. The van der Waals surface area contributed by atoms with Gasteiger partial charge in [-0.05, 0) is 295 Å². The van der Waals surface area contributed by atoms with E-state index in [-0.39, 0.29) is 59.3 Å². The maximum absolute atomic E-state index is 12.4. The quantitative estimate of drug-likeness (QED) is 0.220. The summed E-state index contributed by atoms with van der Waals surface area (Å²) in [7, 11) is -3.75. The molecule has 8 heterocycles. The van der Waals surface area contributed by atoms with Crippen LogP contribution in [0, 0.1) is 72.9 Å². The van der Waals surface area contributed by atoms with Crippen molar-refractivity contribution < 1.29 is 36.3 Å². The van der Waals surface area contributed by atoms with Gasteiger partial charge in [0.15, 0.2) is 9.84 Å². The summed E-state index contributed by atoms with van der Waals surface area (Å²) in [5, 5.41) is 0. The fourth-order valence-electron chi connectivity index (χ4n) is 18.7. The van der Waals surface area contributed by atoms with Crippen LogP contribution in [0.5, 0.6) is 0 Å². The van der Waals surface area contributed by atoms with E-state index < -0.39 is 30.1 Å². The first-order valence-corrected chi connectivity index (χ1v) is 45.2. The minimum absolute atomic E-state index is 0.0269. The molecule has 0 radical (unpaired) electrons. The Labute approximate surface area is 670 Å². The highest BCUT2D eigenvalue weighted by molar-refractivity contribution is 8.02. The van der Waals surface area contributed by atoms with Gasteiger partial charge in [-0.25, -0.2) is 8.42 Å². The second-order valence-electron chi connectivity index (χ2n) is 49.7. The van der Waals surface area contributed by atoms with Crippen LogP contribution in [0.25, 0.3) is 0 Å². The summed E-state index contributed by atoms with van der Waals surface area (Å²) < 4.78 is 65.9. The van der Waals surface area contributed by atoms with Crippen LogP contribution in [0.1, 0.15) is 410 Å². The van der Waals surface area contributed by atoms with Crippen LogP contribution < -0.4 is 0 Å². The first kappa shape index (κ1) is 103. The molecule has 630 valence electrons. The predicted molar refractivity (Wildman–Crippen MR) is 471 cm³/mol. The van der Waals surface area contributed by atoms with Crippen LogP contribution in [-0.4, -0.2) is 100 Å². The minimum atomic E-state index is -3.03. The number of sulfone groups is 1. The van der Waals surface area contributed by atoms with E-state index in [9.17, 15) is 12.6 Å². The van der Waals surface area contributed by atoms with Crippen LogP contribution >= 0.6 is 11.8 Å². The smallest absolute Gasteiger partial charge is 0.160 e. The van der Waals surface area contributed by atoms with Gasteiger partial charge in [0.25, 0.3) is 0 Å². The van der Waals surface area contributed by atoms with Crippen LogP contribution in [0.3, 0.4) is 0 Å². The van der Waals surface area contributed by atoms with Crippen LogP contribution in [-0.2, 0) is 44.3 Å². The number of hydrogen-bond acceptors (Lipinski definition) is 9. The molecule has 0 aromatic heterocycles. The van der Waals surface area contributed by atoms with Crippen molar-refractivity contribution in [3.05, 3.63) is 34.9 Å². The zero-order chi connectivity index (χ0) is 84.7. The van der Waals surface area contributed by atoms with E-state index in [4.69, 9.17) is 23.7 Å². The van der Waals surface area contributed by atoms with E-state index in [1.165, 1.54) is 42.4 Å². The molecular formula is C95H184O8S3. The van der Waals surface area contributed by atoms with Gasteiger partial charge in [0.1, 0.15) is 0 Å². The van der Waals surface area contributed by atoms with Gasteiger partial charge in [-0.1, -0.05) is 223 Å². The maximum Gasteiger partial charge on any atom is 0.160 e. The summed E-state index contributed by atoms with van der Waals surface area (Å²) >= 11 is 2.17. The van der Waals surface area contributed by atoms with Crippen molar-refractivity contribution in [2.75, 3.05) is 13.2 Å². The number of thioether (sulfide) groups is 1. The summed E-state index contributed by atoms with van der Waals surface area (Å²) in [5.41, 5.74) is 6.74. The topological polar surface area (TPSA) is 97.4 Å². The van der Waals surface area contributed by atoms with Gasteiger partial charge < -0.3 is 23.7 Å². The summed E-state index contributed by atoms with van der Waals surface area (Å²) in [6, 6.07) is 0. The van der Waals surface area contributed by atoms with Gasteiger partial charge in [0.2, 0.25) is 0 Å². The molecule has 0 aromatic rings. The van der Waals surface area contributed by atoms with Crippen LogP contribution in [0.15, 0.2) is 34.9 Å². The molecule has 2 unspecified atom stereocenters. The molecule has 106 heavy (non-hydrogen) atoms. The number of ether oxygens (including phenoxy) is 5. The van der Waals surface area contributed by atoms with Gasteiger partial charge in [-0.15, -0.1) is 11.8 Å². The van der Waals surface area contributed by atoms with Gasteiger partial charge in [0.05, 0.1) is 55.3 Å². The van der Waals surface area contributed by atoms with Crippen molar-refractivity contribution in [2.45, 2.75) is 485 Å². The fraction of sp³-hybridized carbons (Fsp3) is 0.937. The SMILES string of the molecule is CC(C)(C)C1CC(C)(C)S(=O)(=O)C(C)(C)C1.CC(C)(C)C1CC(C)(C)S(=O)C(C)(C)C1.CC(C)(C)C1CCOC1.CC1(C)C=C(C(C)(C)C)C(C)(C)O1.CC1(C)C=C(C(C)(C)C)CC(C)(C)O1.CC1(C)CC(C(C)(C)C)C(C)(C)O1.CC1(C)CC(C(C)(C)C)CC(C)(C)S1.C[C@@H]1C=C(C(C)(C)C)C[C@@H](C)O1. The average Bonchev–Trinajstić information content (AvgIpc) is 1.10. The Morgan fingerprint density at radius 3 is 1.08 bits per heavy atom. The Balaban J connectivity index is 0.000000608. The first-order valence-electron chi connectivity index (χ1n) is 41.8. The van der Waals surface area contributed by atoms with Crippen molar-refractivity contribution in [1.29, 1.82) is 0 Å². The van der Waals surface area contributed by atoms with Gasteiger partial charge in [0, 0.05) is 43.0 Å². The Bertz CT molecular complexity index is 2950. The van der Waals surface area contributed by atoms with E-state index in [0.29, 0.717) is 66.5 Å². The molecule has 0 aliphatic carbocycles. The molecule has 0 bridgehead atoms. The molecule has 0 amide bonds. The van der Waals surface area contributed by atoms with Crippen molar-refractivity contribution in [3.8, 4) is 0 Å². The molecule has 0 N–H and O–H groups in total. The molecule has 5 fully saturated rings. The standard InChI is InChI=1S/C13H26O2S.C13H26OS.C13H24O.C13H26S.C12H24O.C12H22O.C11H20O.C8H16O/c1-11(2,3)10-8-12(4,5)16(14,15)13(6,7)9-10;1-11(2,3)10-8-12(4,5)15(14)13(6,7)9-10;2*1-11(2,3)10-8-12(4,5)14-13(6,7)9-10;2*1-10(2,3)9-8-11(4,5)13-12(9,6)7;1-8-6-10(11(3,4)5)7-9(2)12-8;1-8(2,3)7-4-5-9-6-7/h10H,8-9H2,1-7H3;10H,8-9H2,1-7H3;8H,9H2,1-7H3;10H,8-9H2,1-7H3;9H,8H2,1-7H3;8H,1-7H3;6,8-9H,7H2,1-5H3;7H,4-6H2,1-3H3/t;;;;;;8-,9-;/m......1./s1. The normalized spacial score (nSPS) is 29.5. The maximum atomic E-state index is 12.4. The molecule has 0 saturated carbocycles. The van der Waals surface area contributed by atoms with Crippen LogP contribution in [0.4, 0.5) is 0 Å². The minimum Gasteiger partial charge on any atom is -0.381 e. The lowest BCUT2D eigenvalue weighted by molar-refractivity contribution is -0.109. The monoisotopic (exact) mass is 1550 g/mol. The zero-order valence-electron chi connectivity index (χ0n) is 80.2. The summed E-state index contributed by atoms with van der Waals surface area (Å²) in [6.45, 7) is 113. The van der Waals surface area contributed by atoms with E-state index in [1.807, 2.05) is 27.7 Å². The van der Waals surface area contributed by atoms with Crippen molar-refractivity contribution in [2.24, 2.45) is 72.9 Å². The molecule has 8 aliphatic heterocycles. The molecular weight excluding hydrogens is 1370 g/mol. The third-order valence-electron chi connectivity index (χ3n) is 23.8. The third kappa shape index (κ3) is 32.6. The Morgan fingerprint density at radius 2 is 0.811 bits per heavy atom. The molecule has 8 nitrogen and oxygen atoms in total. The van der Waals surface area contributed by atoms with E-state index >= 15 is 0 Å². The molecule has 5 saturated heterocycles. The lowest BCUT2D eigenvalue weighted by Gasteiger charge is -2.48. The Morgan fingerprint density at radius 1 is 0.434 bits per heavy atom. The molecule has 0 aromatic carbocycles. The first-order chi connectivity index (χ1) is 45.9. The second kappa shape index (κ2) is 34.7. The van der Waals surface area contributed by atoms with E-state index in [1.54, 1.807) is 0 Å². The van der Waals surface area contributed by atoms with Crippen LogP contribution in [0.2, 0.25) is 0 Å². The fourth-order valence-corrected chi connectivity index (χ4v) is 25.3. The Kier molecular flexibility index (Phi) is 33.9. The second-order valence-corrected chi connectivity index (χ2v) is 58.1. The molecule has 11 heteroatoms.